The van der Waals surface area contributed by atoms with Gasteiger partial charge in [-0.05, 0) is 18.6 Å². The minimum absolute atomic E-state index is 0.664. The fourth-order valence-corrected chi connectivity index (χ4v) is 0.962. The number of carbonyl (C=O) groups excluding carboxylic acids is 1. The molecule has 1 rings (SSSR count). The molecule has 0 saturated heterocycles. The molecule has 3 N–H and O–H groups in total. The molecule has 0 bridgehead atoms. The molecule has 0 saturated carbocycles. The van der Waals surface area contributed by atoms with E-state index in [1.807, 2.05) is 36.4 Å². The van der Waals surface area contributed by atoms with Gasteiger partial charge in [0.15, 0.2) is 0 Å². The van der Waals surface area contributed by atoms with E-state index < -0.39 is 6.03 Å². The van der Waals surface area contributed by atoms with Crippen LogP contribution in [-0.2, 0) is 0 Å². The van der Waals surface area contributed by atoms with Gasteiger partial charge in [0, 0.05) is 0 Å². The minimum atomic E-state index is -0.664. The lowest BCUT2D eigenvalue weighted by Crippen LogP contribution is -2.25. The third-order valence-corrected chi connectivity index (χ3v) is 1.66. The quantitative estimate of drug-likeness (QED) is 0.570. The van der Waals surface area contributed by atoms with Gasteiger partial charge in [-0.3, -0.25) is 0 Å². The number of hydrogen-bond donors (Lipinski definition) is 2. The number of primary amides is 1. The van der Waals surface area contributed by atoms with Crippen LogP contribution in [-0.4, -0.2) is 11.7 Å². The van der Waals surface area contributed by atoms with Crippen molar-refractivity contribution >= 4 is 17.8 Å². The van der Waals surface area contributed by atoms with Gasteiger partial charge in [0.05, 0.1) is 5.71 Å². The molecule has 4 heteroatoms. The summed E-state index contributed by atoms with van der Waals surface area (Å²) in [6.07, 6.45) is 3.70. The fraction of sp³-hybridized carbons (Fsp3) is 0.0909. The molecule has 1 aromatic carbocycles. The second-order valence-corrected chi connectivity index (χ2v) is 2.97. The lowest BCUT2D eigenvalue weighted by molar-refractivity contribution is 0.249. The minimum Gasteiger partial charge on any atom is -0.350 e. The lowest BCUT2D eigenvalue weighted by atomic mass is 10.2. The molecule has 0 aliphatic carbocycles. The van der Waals surface area contributed by atoms with Gasteiger partial charge in [-0.25, -0.2) is 10.2 Å². The van der Waals surface area contributed by atoms with Crippen molar-refractivity contribution in [1.82, 2.24) is 5.43 Å². The third kappa shape index (κ3) is 4.61. The van der Waals surface area contributed by atoms with Crippen molar-refractivity contribution in [1.29, 1.82) is 0 Å². The Labute approximate surface area is 88.5 Å². The largest absolute Gasteiger partial charge is 0.350 e. The van der Waals surface area contributed by atoms with E-state index in [0.717, 1.165) is 5.56 Å². The molecular formula is C11H13N3O. The van der Waals surface area contributed by atoms with Crippen molar-refractivity contribution < 1.29 is 4.79 Å². The van der Waals surface area contributed by atoms with E-state index >= 15 is 0 Å². The van der Waals surface area contributed by atoms with Crippen LogP contribution in [0.4, 0.5) is 4.79 Å². The first kappa shape index (κ1) is 11.0. The second kappa shape index (κ2) is 5.59. The molecule has 2 amide bonds. The number of nitrogens with one attached hydrogen (secondary N) is 1. The molecule has 78 valence electrons. The van der Waals surface area contributed by atoms with Gasteiger partial charge in [-0.2, -0.15) is 5.10 Å². The Balaban J connectivity index is 2.58. The zero-order valence-corrected chi connectivity index (χ0v) is 8.47. The summed E-state index contributed by atoms with van der Waals surface area (Å²) in [5, 5.41) is 3.74. The first-order chi connectivity index (χ1) is 7.18. The molecule has 15 heavy (non-hydrogen) atoms. The summed E-state index contributed by atoms with van der Waals surface area (Å²) in [5.74, 6) is 0. The van der Waals surface area contributed by atoms with Gasteiger partial charge in [0.2, 0.25) is 0 Å². The van der Waals surface area contributed by atoms with Crippen molar-refractivity contribution in [3.63, 3.8) is 0 Å². The van der Waals surface area contributed by atoms with Crippen molar-refractivity contribution in [2.45, 2.75) is 6.92 Å². The maximum absolute atomic E-state index is 10.4. The van der Waals surface area contributed by atoms with Crippen LogP contribution in [0.15, 0.2) is 41.5 Å². The van der Waals surface area contributed by atoms with Crippen LogP contribution in [0.3, 0.4) is 0 Å². The Morgan fingerprint density at radius 3 is 2.67 bits per heavy atom. The number of rotatable bonds is 3. The van der Waals surface area contributed by atoms with Gasteiger partial charge in [-0.1, -0.05) is 36.4 Å². The standard InChI is InChI=1S/C11H13N3O/c1-9(13-14-11(12)15)7-8-10-5-3-2-4-6-10/h2-8H,1H3,(H3,12,14,15)/b8-7-,13-9-. The number of allylic oxidation sites excluding steroid dienone is 1. The number of hydrazone groups is 1. The number of nitrogens with zero attached hydrogens (tertiary/aromatic N) is 1. The second-order valence-electron chi connectivity index (χ2n) is 2.97. The summed E-state index contributed by atoms with van der Waals surface area (Å²) in [6.45, 7) is 1.77. The van der Waals surface area contributed by atoms with Gasteiger partial charge < -0.3 is 5.73 Å². The molecule has 0 fully saturated rings. The Morgan fingerprint density at radius 2 is 2.07 bits per heavy atom. The van der Waals surface area contributed by atoms with E-state index in [9.17, 15) is 4.79 Å². The SMILES string of the molecule is CC(/C=C\c1ccccc1)=N/NC(N)=O. The zero-order valence-electron chi connectivity index (χ0n) is 8.47. The van der Waals surface area contributed by atoms with Crippen LogP contribution in [0.1, 0.15) is 12.5 Å². The van der Waals surface area contributed by atoms with Crippen molar-refractivity contribution in [3.05, 3.63) is 42.0 Å². The average molecular weight is 203 g/mol. The highest BCUT2D eigenvalue weighted by atomic mass is 16.2. The number of carbonyl (C=O) groups is 1. The Hall–Kier alpha value is -2.10. The van der Waals surface area contributed by atoms with E-state index in [4.69, 9.17) is 5.73 Å². The summed E-state index contributed by atoms with van der Waals surface area (Å²) in [6, 6.07) is 9.15. The molecule has 0 unspecified atom stereocenters. The van der Waals surface area contributed by atoms with E-state index in [0.29, 0.717) is 5.71 Å². The third-order valence-electron chi connectivity index (χ3n) is 1.66. The van der Waals surface area contributed by atoms with Gasteiger partial charge >= 0.3 is 6.03 Å². The maximum Gasteiger partial charge on any atom is 0.332 e. The van der Waals surface area contributed by atoms with Crippen LogP contribution in [0.2, 0.25) is 0 Å². The molecule has 1 aromatic rings. The highest BCUT2D eigenvalue weighted by Gasteiger charge is 1.88. The van der Waals surface area contributed by atoms with Crippen molar-refractivity contribution in [3.8, 4) is 0 Å². The lowest BCUT2D eigenvalue weighted by Gasteiger charge is -1.94. The highest BCUT2D eigenvalue weighted by Crippen LogP contribution is 2.00. The summed E-state index contributed by atoms with van der Waals surface area (Å²) < 4.78 is 0. The van der Waals surface area contributed by atoms with Crippen LogP contribution < -0.4 is 11.2 Å². The van der Waals surface area contributed by atoms with E-state index in [1.165, 1.54) is 0 Å². The topological polar surface area (TPSA) is 67.5 Å². The molecule has 0 aliphatic rings. The predicted molar refractivity (Wildman–Crippen MR) is 61.3 cm³/mol. The fourth-order valence-electron chi connectivity index (χ4n) is 0.962. The normalized spacial score (nSPS) is 11.7. The van der Waals surface area contributed by atoms with E-state index in [2.05, 4.69) is 10.5 Å². The van der Waals surface area contributed by atoms with E-state index in [-0.39, 0.29) is 0 Å². The average Bonchev–Trinajstić information content (AvgIpc) is 2.25. The number of nitrogens with two attached hydrogens (primary N) is 1. The number of urea groups is 1. The zero-order chi connectivity index (χ0) is 11.1. The highest BCUT2D eigenvalue weighted by molar-refractivity contribution is 5.96. The van der Waals surface area contributed by atoms with Crippen molar-refractivity contribution in [2.24, 2.45) is 10.8 Å². The van der Waals surface area contributed by atoms with Gasteiger partial charge in [0.25, 0.3) is 0 Å². The monoisotopic (exact) mass is 203 g/mol. The first-order valence-corrected chi connectivity index (χ1v) is 4.51. The van der Waals surface area contributed by atoms with E-state index in [1.54, 1.807) is 13.0 Å². The molecule has 0 atom stereocenters. The first-order valence-electron chi connectivity index (χ1n) is 4.51. The molecule has 4 nitrogen and oxygen atoms in total. The summed E-state index contributed by atoms with van der Waals surface area (Å²) >= 11 is 0. The number of benzene rings is 1. The van der Waals surface area contributed by atoms with Crippen LogP contribution in [0, 0.1) is 0 Å². The number of amides is 2. The van der Waals surface area contributed by atoms with Crippen LogP contribution in [0.5, 0.6) is 0 Å². The molecule has 0 heterocycles. The molecule has 0 aliphatic heterocycles. The predicted octanol–water partition coefficient (Wildman–Crippen LogP) is 1.74. The van der Waals surface area contributed by atoms with Crippen LogP contribution >= 0.6 is 0 Å². The summed E-state index contributed by atoms with van der Waals surface area (Å²) in [7, 11) is 0. The van der Waals surface area contributed by atoms with Crippen LogP contribution in [0.25, 0.3) is 6.08 Å². The molecular weight excluding hydrogens is 190 g/mol. The molecule has 0 aromatic heterocycles. The molecule has 0 radical (unpaired) electrons. The Bertz CT molecular complexity index is 382. The number of hydrogen-bond acceptors (Lipinski definition) is 2. The summed E-state index contributed by atoms with van der Waals surface area (Å²) in [5.41, 5.74) is 8.78. The maximum atomic E-state index is 10.4. The smallest absolute Gasteiger partial charge is 0.332 e. The Kier molecular flexibility index (Phi) is 4.09. The van der Waals surface area contributed by atoms with Gasteiger partial charge in [0.1, 0.15) is 0 Å². The molecule has 0 spiro atoms. The van der Waals surface area contributed by atoms with Crippen molar-refractivity contribution in [2.75, 3.05) is 0 Å². The Morgan fingerprint density at radius 1 is 1.40 bits per heavy atom. The van der Waals surface area contributed by atoms with Gasteiger partial charge in [-0.15, -0.1) is 0 Å². The summed E-state index contributed by atoms with van der Waals surface area (Å²) in [4.78, 5) is 10.4.